The van der Waals surface area contributed by atoms with Crippen molar-refractivity contribution in [1.82, 2.24) is 0 Å². The molecule has 0 spiro atoms. The van der Waals surface area contributed by atoms with Gasteiger partial charge in [-0.15, -0.1) is 0 Å². The number of halogens is 2. The van der Waals surface area contributed by atoms with E-state index in [1.807, 2.05) is 25.1 Å². The Morgan fingerprint density at radius 3 is 2.75 bits per heavy atom. The molecule has 2 unspecified atom stereocenters. The molecule has 1 aliphatic heterocycles. The Kier molecular flexibility index (Phi) is 3.52. The minimum Gasteiger partial charge on any atom is -0.485 e. The van der Waals surface area contributed by atoms with Crippen molar-refractivity contribution in [1.29, 1.82) is 0 Å². The van der Waals surface area contributed by atoms with E-state index in [0.29, 0.717) is 6.42 Å². The van der Waals surface area contributed by atoms with Crippen LogP contribution in [0, 0.1) is 12.7 Å². The van der Waals surface area contributed by atoms with Crippen LogP contribution in [0.4, 0.5) is 4.39 Å². The third kappa shape index (κ3) is 2.45. The van der Waals surface area contributed by atoms with Crippen molar-refractivity contribution in [2.24, 2.45) is 5.73 Å². The van der Waals surface area contributed by atoms with Crippen LogP contribution in [0.1, 0.15) is 35.3 Å². The van der Waals surface area contributed by atoms with E-state index in [1.54, 1.807) is 6.07 Å². The Morgan fingerprint density at radius 1 is 1.20 bits per heavy atom. The second kappa shape index (κ2) is 5.19. The molecule has 0 saturated heterocycles. The predicted octanol–water partition coefficient (Wildman–Crippen LogP) is 4.42. The van der Waals surface area contributed by atoms with Gasteiger partial charge in [0.2, 0.25) is 0 Å². The van der Waals surface area contributed by atoms with Gasteiger partial charge in [-0.25, -0.2) is 4.39 Å². The van der Waals surface area contributed by atoms with Crippen LogP contribution in [0.15, 0.2) is 40.9 Å². The first-order valence-corrected chi connectivity index (χ1v) is 7.31. The van der Waals surface area contributed by atoms with Gasteiger partial charge >= 0.3 is 0 Å². The molecule has 104 valence electrons. The van der Waals surface area contributed by atoms with Crippen molar-refractivity contribution in [2.75, 3.05) is 0 Å². The molecule has 4 heteroatoms. The largest absolute Gasteiger partial charge is 0.485 e. The van der Waals surface area contributed by atoms with Gasteiger partial charge < -0.3 is 10.5 Å². The third-order valence-electron chi connectivity index (χ3n) is 3.69. The summed E-state index contributed by atoms with van der Waals surface area (Å²) in [6, 6.07) is 10.6. The summed E-state index contributed by atoms with van der Waals surface area (Å²) in [4.78, 5) is 0. The van der Waals surface area contributed by atoms with Crippen LogP contribution in [-0.4, -0.2) is 0 Å². The second-order valence-corrected chi connectivity index (χ2v) is 6.05. The van der Waals surface area contributed by atoms with Gasteiger partial charge in [-0.1, -0.05) is 22.0 Å². The average Bonchev–Trinajstić information content (AvgIpc) is 2.39. The third-order valence-corrected chi connectivity index (χ3v) is 4.18. The van der Waals surface area contributed by atoms with E-state index in [1.165, 1.54) is 12.1 Å². The first-order valence-electron chi connectivity index (χ1n) is 6.52. The van der Waals surface area contributed by atoms with Gasteiger partial charge in [-0.2, -0.15) is 0 Å². The molecule has 0 amide bonds. The normalized spacial score (nSPS) is 21.2. The van der Waals surface area contributed by atoms with E-state index in [4.69, 9.17) is 10.5 Å². The molecule has 3 rings (SSSR count). The van der Waals surface area contributed by atoms with Crippen LogP contribution in [0.25, 0.3) is 0 Å². The van der Waals surface area contributed by atoms with Crippen molar-refractivity contribution >= 4 is 15.9 Å². The zero-order valence-corrected chi connectivity index (χ0v) is 12.7. The molecule has 2 aromatic rings. The lowest BCUT2D eigenvalue weighted by Gasteiger charge is -2.31. The summed E-state index contributed by atoms with van der Waals surface area (Å²) < 4.78 is 20.2. The highest BCUT2D eigenvalue weighted by Crippen LogP contribution is 2.41. The second-order valence-electron chi connectivity index (χ2n) is 5.13. The molecule has 20 heavy (non-hydrogen) atoms. The molecule has 0 bridgehead atoms. The van der Waals surface area contributed by atoms with Crippen molar-refractivity contribution in [3.05, 3.63) is 63.4 Å². The fraction of sp³-hybridized carbons (Fsp3) is 0.250. The Labute approximate surface area is 125 Å². The van der Waals surface area contributed by atoms with Crippen LogP contribution < -0.4 is 10.5 Å². The van der Waals surface area contributed by atoms with Crippen LogP contribution >= 0.6 is 15.9 Å². The first kappa shape index (κ1) is 13.6. The van der Waals surface area contributed by atoms with Crippen LogP contribution in [-0.2, 0) is 0 Å². The molecule has 2 N–H and O–H groups in total. The summed E-state index contributed by atoms with van der Waals surface area (Å²) in [6.07, 6.45) is 0.565. The van der Waals surface area contributed by atoms with E-state index < -0.39 is 0 Å². The zero-order valence-electron chi connectivity index (χ0n) is 11.1. The van der Waals surface area contributed by atoms with E-state index in [-0.39, 0.29) is 18.0 Å². The van der Waals surface area contributed by atoms with Crippen LogP contribution in [0.2, 0.25) is 0 Å². The number of aryl methyl sites for hydroxylation is 1. The summed E-state index contributed by atoms with van der Waals surface area (Å²) in [5, 5.41) is 0. The van der Waals surface area contributed by atoms with E-state index >= 15 is 0 Å². The van der Waals surface area contributed by atoms with Gasteiger partial charge in [-0.05, 0) is 48.4 Å². The highest BCUT2D eigenvalue weighted by Gasteiger charge is 2.28. The standard InChI is InChI=1S/C16H15BrFNO/c1-9-6-11(18)3-4-12(9)16-8-14(19)13-7-10(17)2-5-15(13)20-16/h2-7,14,16H,8,19H2,1H3. The molecular weight excluding hydrogens is 321 g/mol. The Bertz CT molecular complexity index is 659. The minimum atomic E-state index is -0.226. The highest BCUT2D eigenvalue weighted by atomic mass is 79.9. The number of hydrogen-bond donors (Lipinski definition) is 1. The number of nitrogens with two attached hydrogens (primary N) is 1. The van der Waals surface area contributed by atoms with Crippen LogP contribution in [0.5, 0.6) is 5.75 Å². The maximum Gasteiger partial charge on any atom is 0.126 e. The molecule has 2 nitrogen and oxygen atoms in total. The quantitative estimate of drug-likeness (QED) is 0.837. The van der Waals surface area contributed by atoms with Crippen molar-refractivity contribution in [3.8, 4) is 5.75 Å². The van der Waals surface area contributed by atoms with Gasteiger partial charge in [0.05, 0.1) is 0 Å². The number of rotatable bonds is 1. The number of benzene rings is 2. The lowest BCUT2D eigenvalue weighted by atomic mass is 9.92. The fourth-order valence-corrected chi connectivity index (χ4v) is 3.04. The molecule has 1 heterocycles. The predicted molar refractivity (Wildman–Crippen MR) is 80.2 cm³/mol. The number of fused-ring (bicyclic) bond motifs is 1. The maximum absolute atomic E-state index is 13.2. The molecule has 2 aromatic carbocycles. The average molecular weight is 336 g/mol. The lowest BCUT2D eigenvalue weighted by molar-refractivity contribution is 0.161. The monoisotopic (exact) mass is 335 g/mol. The molecule has 0 aromatic heterocycles. The van der Waals surface area contributed by atoms with Gasteiger partial charge in [-0.3, -0.25) is 0 Å². The molecule has 0 radical (unpaired) electrons. The fourth-order valence-electron chi connectivity index (χ4n) is 2.67. The van der Waals surface area contributed by atoms with Crippen molar-refractivity contribution in [3.63, 3.8) is 0 Å². The summed E-state index contributed by atoms with van der Waals surface area (Å²) in [5.41, 5.74) is 9.14. The van der Waals surface area contributed by atoms with E-state index in [0.717, 1.165) is 26.9 Å². The molecular formula is C16H15BrFNO. The summed E-state index contributed by atoms with van der Waals surface area (Å²) in [7, 11) is 0. The highest BCUT2D eigenvalue weighted by molar-refractivity contribution is 9.10. The summed E-state index contributed by atoms with van der Waals surface area (Å²) in [5.74, 6) is 0.580. The Balaban J connectivity index is 1.97. The van der Waals surface area contributed by atoms with E-state index in [9.17, 15) is 4.39 Å². The maximum atomic E-state index is 13.2. The van der Waals surface area contributed by atoms with E-state index in [2.05, 4.69) is 15.9 Å². The molecule has 0 saturated carbocycles. The first-order chi connectivity index (χ1) is 9.54. The zero-order chi connectivity index (χ0) is 14.3. The molecule has 0 fully saturated rings. The van der Waals surface area contributed by atoms with Gasteiger partial charge in [0.15, 0.2) is 0 Å². The van der Waals surface area contributed by atoms with Gasteiger partial charge in [0.1, 0.15) is 17.7 Å². The van der Waals surface area contributed by atoms with Gasteiger partial charge in [0.25, 0.3) is 0 Å². The number of ether oxygens (including phenoxy) is 1. The smallest absolute Gasteiger partial charge is 0.126 e. The van der Waals surface area contributed by atoms with Gasteiger partial charge in [0, 0.05) is 22.5 Å². The summed E-state index contributed by atoms with van der Waals surface area (Å²) in [6.45, 7) is 1.89. The topological polar surface area (TPSA) is 35.2 Å². The molecule has 2 atom stereocenters. The minimum absolute atomic E-state index is 0.0781. The molecule has 1 aliphatic rings. The molecule has 0 aliphatic carbocycles. The van der Waals surface area contributed by atoms with Crippen molar-refractivity contribution < 1.29 is 9.13 Å². The van der Waals surface area contributed by atoms with Crippen LogP contribution in [0.3, 0.4) is 0 Å². The van der Waals surface area contributed by atoms with Crippen molar-refractivity contribution in [2.45, 2.75) is 25.5 Å². The SMILES string of the molecule is Cc1cc(F)ccc1C1CC(N)c2cc(Br)ccc2O1. The Morgan fingerprint density at radius 2 is 2.00 bits per heavy atom. The lowest BCUT2D eigenvalue weighted by Crippen LogP contribution is -2.24. The number of hydrogen-bond acceptors (Lipinski definition) is 2. The summed E-state index contributed by atoms with van der Waals surface area (Å²) >= 11 is 3.44. The Hall–Kier alpha value is -1.39.